The minimum atomic E-state index is -0.167. The van der Waals surface area contributed by atoms with E-state index in [9.17, 15) is 4.79 Å². The van der Waals surface area contributed by atoms with Crippen LogP contribution in [0.25, 0.3) is 0 Å². The number of carbonyl (C=O) groups is 1. The van der Waals surface area contributed by atoms with Gasteiger partial charge in [0, 0.05) is 16.4 Å². The van der Waals surface area contributed by atoms with Crippen LogP contribution in [-0.4, -0.2) is 27.2 Å². The first-order valence-electron chi connectivity index (χ1n) is 10.3. The van der Waals surface area contributed by atoms with E-state index < -0.39 is 0 Å². The van der Waals surface area contributed by atoms with Gasteiger partial charge in [0.25, 0.3) is 5.91 Å². The van der Waals surface area contributed by atoms with E-state index in [4.69, 9.17) is 25.8 Å². The number of benzene rings is 2. The number of amides is 1. The number of hydrogen-bond donors (Lipinski definition) is 2. The lowest BCUT2D eigenvalue weighted by Crippen LogP contribution is -2.15. The summed E-state index contributed by atoms with van der Waals surface area (Å²) in [7, 11) is 4.80. The maximum absolute atomic E-state index is 13.4. The molecule has 1 aliphatic rings. The van der Waals surface area contributed by atoms with E-state index in [1.165, 1.54) is 4.88 Å². The molecule has 4 rings (SSSR count). The number of hydrogen-bond acceptors (Lipinski definition) is 6. The highest BCUT2D eigenvalue weighted by Crippen LogP contribution is 2.40. The third-order valence-electron chi connectivity index (χ3n) is 5.46. The molecule has 1 aromatic heterocycles. The lowest BCUT2D eigenvalue weighted by atomic mass is 10.1. The van der Waals surface area contributed by atoms with Gasteiger partial charge in [0.1, 0.15) is 10.8 Å². The molecule has 6 nitrogen and oxygen atoms in total. The van der Waals surface area contributed by atoms with E-state index in [2.05, 4.69) is 10.6 Å². The summed E-state index contributed by atoms with van der Waals surface area (Å²) in [5.41, 5.74) is 3.40. The second-order valence-corrected chi connectivity index (χ2v) is 8.94. The number of aryl methyl sites for hydroxylation is 1. The predicted molar refractivity (Wildman–Crippen MR) is 129 cm³/mol. The zero-order chi connectivity index (χ0) is 22.7. The fourth-order valence-corrected chi connectivity index (χ4v) is 5.36. The largest absolute Gasteiger partial charge is 0.495 e. The second-order valence-electron chi connectivity index (χ2n) is 7.40. The molecule has 0 radical (unpaired) electrons. The van der Waals surface area contributed by atoms with Crippen molar-refractivity contribution < 1.29 is 19.0 Å². The third-order valence-corrected chi connectivity index (χ3v) is 6.94. The average molecular weight is 473 g/mol. The van der Waals surface area contributed by atoms with Crippen molar-refractivity contribution in [3.63, 3.8) is 0 Å². The summed E-state index contributed by atoms with van der Waals surface area (Å²) in [5.74, 6) is 1.75. The van der Waals surface area contributed by atoms with Gasteiger partial charge in [0.05, 0.1) is 32.6 Å². The Morgan fingerprint density at radius 1 is 1.00 bits per heavy atom. The summed E-state index contributed by atoms with van der Waals surface area (Å²) in [6.45, 7) is 0.556. The molecule has 1 amide bonds. The van der Waals surface area contributed by atoms with Crippen LogP contribution in [0.3, 0.4) is 0 Å². The molecule has 2 N–H and O–H groups in total. The molecule has 32 heavy (non-hydrogen) atoms. The topological polar surface area (TPSA) is 68.8 Å². The Morgan fingerprint density at radius 2 is 1.75 bits per heavy atom. The zero-order valence-electron chi connectivity index (χ0n) is 18.2. The van der Waals surface area contributed by atoms with Gasteiger partial charge in [0.2, 0.25) is 0 Å². The van der Waals surface area contributed by atoms with Crippen LogP contribution in [0.1, 0.15) is 32.8 Å². The summed E-state index contributed by atoms with van der Waals surface area (Å²) < 4.78 is 16.1. The number of fused-ring (bicyclic) bond motifs is 1. The van der Waals surface area contributed by atoms with E-state index in [-0.39, 0.29) is 5.91 Å². The number of halogens is 1. The van der Waals surface area contributed by atoms with Crippen LogP contribution in [0.5, 0.6) is 17.2 Å². The van der Waals surface area contributed by atoms with E-state index >= 15 is 0 Å². The summed E-state index contributed by atoms with van der Waals surface area (Å²) in [6, 6.07) is 11.0. The fraction of sp³-hybridized carbons (Fsp3) is 0.292. The van der Waals surface area contributed by atoms with E-state index in [0.29, 0.717) is 40.1 Å². The molecule has 8 heteroatoms. The Balaban J connectivity index is 1.59. The molecule has 0 bridgehead atoms. The van der Waals surface area contributed by atoms with Gasteiger partial charge in [-0.05, 0) is 60.7 Å². The van der Waals surface area contributed by atoms with Crippen molar-refractivity contribution in [2.45, 2.75) is 25.8 Å². The minimum Gasteiger partial charge on any atom is -0.495 e. The van der Waals surface area contributed by atoms with Crippen LogP contribution >= 0.6 is 22.9 Å². The number of anilines is 2. The quantitative estimate of drug-likeness (QED) is 0.435. The molecular weight excluding hydrogens is 448 g/mol. The van der Waals surface area contributed by atoms with Gasteiger partial charge < -0.3 is 24.8 Å². The Kier molecular flexibility index (Phi) is 6.77. The van der Waals surface area contributed by atoms with Crippen molar-refractivity contribution in [3.8, 4) is 17.2 Å². The summed E-state index contributed by atoms with van der Waals surface area (Å²) in [4.78, 5) is 14.6. The lowest BCUT2D eigenvalue weighted by Gasteiger charge is -2.13. The van der Waals surface area contributed by atoms with Gasteiger partial charge in [-0.1, -0.05) is 17.7 Å². The third kappa shape index (κ3) is 4.49. The highest BCUT2D eigenvalue weighted by atomic mass is 35.5. The van der Waals surface area contributed by atoms with Crippen LogP contribution < -0.4 is 24.8 Å². The van der Waals surface area contributed by atoms with E-state index in [1.807, 2.05) is 18.2 Å². The average Bonchev–Trinajstić information content (AvgIpc) is 3.38. The molecule has 0 unspecified atom stereocenters. The van der Waals surface area contributed by atoms with Crippen LogP contribution in [0.4, 0.5) is 10.7 Å². The summed E-state index contributed by atoms with van der Waals surface area (Å²) in [6.07, 6.45) is 2.97. The predicted octanol–water partition coefficient (Wildman–Crippen LogP) is 5.78. The first-order valence-corrected chi connectivity index (χ1v) is 11.5. The lowest BCUT2D eigenvalue weighted by molar-refractivity contribution is 0.102. The van der Waals surface area contributed by atoms with Crippen molar-refractivity contribution in [3.05, 3.63) is 63.0 Å². The van der Waals surface area contributed by atoms with Crippen molar-refractivity contribution >= 4 is 39.5 Å². The number of rotatable bonds is 8. The molecule has 0 saturated carbocycles. The molecule has 1 aliphatic carbocycles. The van der Waals surface area contributed by atoms with Gasteiger partial charge >= 0.3 is 0 Å². The number of methoxy groups -OCH3 is 3. The van der Waals surface area contributed by atoms with Gasteiger partial charge in [0.15, 0.2) is 11.5 Å². The number of thiophene rings is 1. The van der Waals surface area contributed by atoms with E-state index in [1.54, 1.807) is 50.9 Å². The highest BCUT2D eigenvalue weighted by molar-refractivity contribution is 7.16. The first kappa shape index (κ1) is 22.3. The highest BCUT2D eigenvalue weighted by Gasteiger charge is 2.27. The van der Waals surface area contributed by atoms with Crippen molar-refractivity contribution in [2.24, 2.45) is 0 Å². The van der Waals surface area contributed by atoms with Crippen LogP contribution in [0.2, 0.25) is 5.02 Å². The Labute approximate surface area is 196 Å². The first-order chi connectivity index (χ1) is 15.5. The molecule has 168 valence electrons. The summed E-state index contributed by atoms with van der Waals surface area (Å²) >= 11 is 7.79. The number of carbonyl (C=O) groups excluding carboxylic acids is 1. The fourth-order valence-electron chi connectivity index (χ4n) is 3.90. The molecule has 2 aromatic carbocycles. The Morgan fingerprint density at radius 3 is 2.50 bits per heavy atom. The zero-order valence-corrected chi connectivity index (χ0v) is 19.8. The molecule has 3 aromatic rings. The molecule has 0 atom stereocenters. The number of nitrogens with one attached hydrogen (secondary N) is 2. The molecule has 0 spiro atoms. The van der Waals surface area contributed by atoms with Crippen molar-refractivity contribution in [2.75, 3.05) is 32.0 Å². The van der Waals surface area contributed by atoms with Crippen LogP contribution in [0, 0.1) is 0 Å². The van der Waals surface area contributed by atoms with Crippen LogP contribution in [0.15, 0.2) is 36.4 Å². The Bertz CT molecular complexity index is 1150. The maximum atomic E-state index is 13.4. The van der Waals surface area contributed by atoms with Crippen LogP contribution in [-0.2, 0) is 19.4 Å². The van der Waals surface area contributed by atoms with Crippen molar-refractivity contribution in [1.82, 2.24) is 0 Å². The van der Waals surface area contributed by atoms with Gasteiger partial charge in [-0.25, -0.2) is 0 Å². The van der Waals surface area contributed by atoms with E-state index in [0.717, 1.165) is 35.4 Å². The minimum absolute atomic E-state index is 0.167. The molecular formula is C24H25ClN2O4S. The Hall–Kier alpha value is -2.90. The van der Waals surface area contributed by atoms with Gasteiger partial charge in [-0.2, -0.15) is 0 Å². The van der Waals surface area contributed by atoms with Gasteiger partial charge in [-0.3, -0.25) is 4.79 Å². The monoisotopic (exact) mass is 472 g/mol. The smallest absolute Gasteiger partial charge is 0.259 e. The molecule has 0 saturated heterocycles. The molecule has 1 heterocycles. The van der Waals surface area contributed by atoms with Gasteiger partial charge in [-0.15, -0.1) is 11.3 Å². The molecule has 0 fully saturated rings. The molecule has 0 aliphatic heterocycles. The standard InChI is InChI=1S/C24H25ClN2O4S/c1-29-18-10-8-15(25)12-17(18)27-23(28)22-16-5-4-6-21(16)32-24(22)26-13-14-7-9-19(30-2)20(11-14)31-3/h7-12,26H,4-6,13H2,1-3H3,(H,27,28). The normalized spacial score (nSPS) is 12.2. The second kappa shape index (κ2) is 9.71. The SMILES string of the molecule is COc1ccc(Cl)cc1NC(=O)c1c(NCc2ccc(OC)c(OC)c2)sc2c1CCC2. The number of ether oxygens (including phenoxy) is 3. The maximum Gasteiger partial charge on any atom is 0.259 e. The summed E-state index contributed by atoms with van der Waals surface area (Å²) in [5, 5.41) is 7.84. The van der Waals surface area contributed by atoms with Crippen molar-refractivity contribution in [1.29, 1.82) is 0 Å².